The van der Waals surface area contributed by atoms with E-state index in [-0.39, 0.29) is 0 Å². The first kappa shape index (κ1) is 18.0. The van der Waals surface area contributed by atoms with Crippen molar-refractivity contribution in [3.05, 3.63) is 0 Å². The smallest absolute Gasteiger partial charge is 0.0478 e. The van der Waals surface area contributed by atoms with Crippen LogP contribution in [0.3, 0.4) is 0 Å². The first-order valence-corrected chi connectivity index (χ1v) is 9.15. The molecule has 0 saturated heterocycles. The molecule has 1 aliphatic rings. The third-order valence-electron chi connectivity index (χ3n) is 4.65. The molecule has 1 fully saturated rings. The molecule has 1 aliphatic carbocycles. The number of unbranched alkanes of at least 4 members (excludes halogenated alkanes) is 2. The van der Waals surface area contributed by atoms with Gasteiger partial charge in [-0.1, -0.05) is 52.4 Å². The Kier molecular flexibility index (Phi) is 11.4. The van der Waals surface area contributed by atoms with Crippen LogP contribution in [0.1, 0.15) is 78.1 Å². The zero-order valence-electron chi connectivity index (χ0n) is 14.0. The normalized spacial score (nSPS) is 23.1. The van der Waals surface area contributed by atoms with Crippen molar-refractivity contribution in [3.8, 4) is 0 Å². The van der Waals surface area contributed by atoms with Gasteiger partial charge in [0.2, 0.25) is 0 Å². The quantitative estimate of drug-likeness (QED) is 0.520. The number of hydrogen-bond donors (Lipinski definition) is 1. The van der Waals surface area contributed by atoms with Gasteiger partial charge < -0.3 is 10.1 Å². The number of rotatable bonds is 12. The molecule has 0 aromatic carbocycles. The van der Waals surface area contributed by atoms with Crippen LogP contribution >= 0.6 is 0 Å². The van der Waals surface area contributed by atoms with Gasteiger partial charge in [0.1, 0.15) is 0 Å². The van der Waals surface area contributed by atoms with Gasteiger partial charge in [-0.15, -0.1) is 0 Å². The highest BCUT2D eigenvalue weighted by Crippen LogP contribution is 2.31. The van der Waals surface area contributed by atoms with Crippen LogP contribution in [0.4, 0.5) is 0 Å². The lowest BCUT2D eigenvalue weighted by Crippen LogP contribution is -2.27. The average molecular weight is 284 g/mol. The standard InChI is InChI=1S/C18H37NO/c1-3-5-8-17-9-11-18(12-10-17)16-19-13-7-15-20-14-6-4-2/h17-19H,3-16H2,1-2H3. The molecule has 120 valence electrons. The van der Waals surface area contributed by atoms with Crippen molar-refractivity contribution < 1.29 is 4.74 Å². The molecule has 1 rings (SSSR count). The van der Waals surface area contributed by atoms with E-state index in [1.807, 2.05) is 0 Å². The van der Waals surface area contributed by atoms with Gasteiger partial charge in [0.05, 0.1) is 0 Å². The molecule has 0 bridgehead atoms. The molecular formula is C18H37NO. The van der Waals surface area contributed by atoms with Gasteiger partial charge in [-0.3, -0.25) is 0 Å². The Morgan fingerprint density at radius 1 is 0.850 bits per heavy atom. The summed E-state index contributed by atoms with van der Waals surface area (Å²) in [5, 5.41) is 3.62. The van der Waals surface area contributed by atoms with Gasteiger partial charge >= 0.3 is 0 Å². The predicted molar refractivity (Wildman–Crippen MR) is 88.2 cm³/mol. The van der Waals surface area contributed by atoms with Crippen LogP contribution in [0.5, 0.6) is 0 Å². The summed E-state index contributed by atoms with van der Waals surface area (Å²) in [6.07, 6.45) is 13.7. The van der Waals surface area contributed by atoms with Crippen molar-refractivity contribution in [1.82, 2.24) is 5.32 Å². The van der Waals surface area contributed by atoms with E-state index in [0.29, 0.717) is 0 Å². The Balaban J connectivity index is 1.86. The second kappa shape index (κ2) is 12.6. The van der Waals surface area contributed by atoms with Crippen molar-refractivity contribution in [2.24, 2.45) is 11.8 Å². The topological polar surface area (TPSA) is 21.3 Å². The zero-order valence-corrected chi connectivity index (χ0v) is 14.0. The molecule has 0 spiro atoms. The van der Waals surface area contributed by atoms with Gasteiger partial charge in [0.25, 0.3) is 0 Å². The number of nitrogens with one attached hydrogen (secondary N) is 1. The summed E-state index contributed by atoms with van der Waals surface area (Å²) in [5.41, 5.74) is 0. The van der Waals surface area contributed by atoms with E-state index >= 15 is 0 Å². The lowest BCUT2D eigenvalue weighted by molar-refractivity contribution is 0.128. The lowest BCUT2D eigenvalue weighted by atomic mass is 9.80. The van der Waals surface area contributed by atoms with E-state index in [1.165, 1.54) is 64.3 Å². The van der Waals surface area contributed by atoms with E-state index in [2.05, 4.69) is 19.2 Å². The van der Waals surface area contributed by atoms with Gasteiger partial charge in [0.15, 0.2) is 0 Å². The van der Waals surface area contributed by atoms with Crippen LogP contribution in [0.25, 0.3) is 0 Å². The van der Waals surface area contributed by atoms with Gasteiger partial charge in [-0.2, -0.15) is 0 Å². The Bertz CT molecular complexity index is 200. The monoisotopic (exact) mass is 283 g/mol. The molecule has 2 heteroatoms. The maximum absolute atomic E-state index is 5.58. The predicted octanol–water partition coefficient (Wildman–Crippen LogP) is 4.78. The van der Waals surface area contributed by atoms with E-state index < -0.39 is 0 Å². The highest BCUT2D eigenvalue weighted by Gasteiger charge is 2.20. The molecule has 0 aliphatic heterocycles. The minimum absolute atomic E-state index is 0.927. The fraction of sp³-hybridized carbons (Fsp3) is 1.00. The third-order valence-corrected chi connectivity index (χ3v) is 4.65. The minimum Gasteiger partial charge on any atom is -0.381 e. The fourth-order valence-corrected chi connectivity index (χ4v) is 3.17. The average Bonchev–Trinajstić information content (AvgIpc) is 2.49. The van der Waals surface area contributed by atoms with Crippen LogP contribution in [-0.2, 0) is 4.74 Å². The fourth-order valence-electron chi connectivity index (χ4n) is 3.17. The van der Waals surface area contributed by atoms with Crippen LogP contribution in [-0.4, -0.2) is 26.3 Å². The summed E-state index contributed by atoms with van der Waals surface area (Å²) in [7, 11) is 0. The lowest BCUT2D eigenvalue weighted by Gasteiger charge is -2.28. The summed E-state index contributed by atoms with van der Waals surface area (Å²) in [5.74, 6) is 1.98. The molecule has 1 saturated carbocycles. The summed E-state index contributed by atoms with van der Waals surface area (Å²) in [6, 6.07) is 0. The second-order valence-corrected chi connectivity index (χ2v) is 6.55. The van der Waals surface area contributed by atoms with E-state index in [1.54, 1.807) is 0 Å². The molecule has 20 heavy (non-hydrogen) atoms. The summed E-state index contributed by atoms with van der Waals surface area (Å²) < 4.78 is 5.58. The Hall–Kier alpha value is -0.0800. The highest BCUT2D eigenvalue weighted by molar-refractivity contribution is 4.74. The molecule has 0 unspecified atom stereocenters. The third kappa shape index (κ3) is 8.97. The molecule has 0 atom stereocenters. The molecule has 0 aromatic heterocycles. The van der Waals surface area contributed by atoms with Crippen molar-refractivity contribution >= 4 is 0 Å². The van der Waals surface area contributed by atoms with Crippen molar-refractivity contribution in [3.63, 3.8) is 0 Å². The summed E-state index contributed by atoms with van der Waals surface area (Å²) >= 11 is 0. The van der Waals surface area contributed by atoms with Crippen LogP contribution in [0, 0.1) is 11.8 Å². The largest absolute Gasteiger partial charge is 0.381 e. The van der Waals surface area contributed by atoms with Crippen LogP contribution in [0.2, 0.25) is 0 Å². The van der Waals surface area contributed by atoms with Crippen LogP contribution < -0.4 is 5.32 Å². The highest BCUT2D eigenvalue weighted by atomic mass is 16.5. The maximum Gasteiger partial charge on any atom is 0.0478 e. The van der Waals surface area contributed by atoms with E-state index in [9.17, 15) is 0 Å². The first-order chi connectivity index (χ1) is 9.86. The second-order valence-electron chi connectivity index (χ2n) is 6.55. The van der Waals surface area contributed by atoms with Crippen molar-refractivity contribution in [2.45, 2.75) is 78.1 Å². The zero-order chi connectivity index (χ0) is 14.5. The molecule has 0 heterocycles. The first-order valence-electron chi connectivity index (χ1n) is 9.15. The molecule has 0 amide bonds. The van der Waals surface area contributed by atoms with Crippen molar-refractivity contribution in [1.29, 1.82) is 0 Å². The SMILES string of the molecule is CCCCOCCCNCC1CCC(CCCC)CC1. The minimum atomic E-state index is 0.927. The van der Waals surface area contributed by atoms with Gasteiger partial charge in [-0.05, 0) is 50.6 Å². The van der Waals surface area contributed by atoms with Crippen molar-refractivity contribution in [2.75, 3.05) is 26.3 Å². The van der Waals surface area contributed by atoms with Gasteiger partial charge in [0, 0.05) is 13.2 Å². The van der Waals surface area contributed by atoms with E-state index in [4.69, 9.17) is 4.74 Å². The molecule has 0 radical (unpaired) electrons. The van der Waals surface area contributed by atoms with Gasteiger partial charge in [-0.25, -0.2) is 0 Å². The summed E-state index contributed by atoms with van der Waals surface area (Å²) in [4.78, 5) is 0. The molecule has 0 aromatic rings. The Morgan fingerprint density at radius 2 is 1.50 bits per heavy atom. The summed E-state index contributed by atoms with van der Waals surface area (Å²) in [6.45, 7) is 8.75. The molecule has 2 nitrogen and oxygen atoms in total. The number of ether oxygens (including phenoxy) is 1. The molecule has 1 N–H and O–H groups in total. The molecular weight excluding hydrogens is 246 g/mol. The maximum atomic E-state index is 5.58. The van der Waals surface area contributed by atoms with E-state index in [0.717, 1.165) is 38.0 Å². The Labute approximate surface area is 127 Å². The van der Waals surface area contributed by atoms with Crippen LogP contribution in [0.15, 0.2) is 0 Å². The Morgan fingerprint density at radius 3 is 2.20 bits per heavy atom. The number of hydrogen-bond acceptors (Lipinski definition) is 2.